The fourth-order valence-electron chi connectivity index (χ4n) is 3.48. The van der Waals surface area contributed by atoms with Crippen LogP contribution in [-0.2, 0) is 16.8 Å². The normalized spacial score (nSPS) is 11.4. The van der Waals surface area contributed by atoms with Gasteiger partial charge in [-0.15, -0.1) is 0 Å². The van der Waals surface area contributed by atoms with E-state index in [2.05, 4.69) is 20.4 Å². The number of amides is 2. The maximum Gasteiger partial charge on any atom is 0.253 e. The van der Waals surface area contributed by atoms with Crippen molar-refractivity contribution in [1.29, 1.82) is 0 Å². The monoisotopic (exact) mass is 490 g/mol. The molecule has 2 heterocycles. The Morgan fingerprint density at radius 2 is 1.89 bits per heavy atom. The lowest BCUT2D eigenvalue weighted by Gasteiger charge is -2.18. The highest BCUT2D eigenvalue weighted by Gasteiger charge is 2.17. The van der Waals surface area contributed by atoms with Gasteiger partial charge in [0.25, 0.3) is 5.91 Å². The fourth-order valence-corrected chi connectivity index (χ4v) is 3.48. The number of hydrogen-bond donors (Lipinski definition) is 1. The Morgan fingerprint density at radius 1 is 1.11 bits per heavy atom. The number of aromatic nitrogens is 4. The summed E-state index contributed by atoms with van der Waals surface area (Å²) < 4.78 is 22.4. The minimum absolute atomic E-state index is 0.154. The Labute approximate surface area is 207 Å². The molecule has 4 rings (SSSR count). The van der Waals surface area contributed by atoms with E-state index < -0.39 is 5.82 Å². The predicted molar refractivity (Wildman–Crippen MR) is 134 cm³/mol. The van der Waals surface area contributed by atoms with Crippen LogP contribution in [0.1, 0.15) is 36.7 Å². The van der Waals surface area contributed by atoms with Gasteiger partial charge in [-0.2, -0.15) is 5.10 Å². The maximum absolute atomic E-state index is 14.8. The van der Waals surface area contributed by atoms with E-state index in [1.807, 2.05) is 20.8 Å². The molecule has 9 nitrogen and oxygen atoms in total. The summed E-state index contributed by atoms with van der Waals surface area (Å²) >= 11 is 0. The predicted octanol–water partition coefficient (Wildman–Crippen LogP) is 4.40. The first-order chi connectivity index (χ1) is 17.0. The van der Waals surface area contributed by atoms with Gasteiger partial charge in [-0.3, -0.25) is 14.3 Å². The number of carbonyl (C=O) groups is 2. The number of ether oxygens (including phenoxy) is 1. The van der Waals surface area contributed by atoms with Crippen molar-refractivity contribution in [2.75, 3.05) is 19.4 Å². The maximum atomic E-state index is 14.8. The molecule has 186 valence electrons. The second-order valence-corrected chi connectivity index (χ2v) is 9.53. The topological polar surface area (TPSA) is 102 Å². The van der Waals surface area contributed by atoms with Gasteiger partial charge in [-0.25, -0.2) is 14.4 Å². The highest BCUT2D eigenvalue weighted by molar-refractivity contribution is 5.98. The van der Waals surface area contributed by atoms with Gasteiger partial charge < -0.3 is 15.0 Å². The second-order valence-electron chi connectivity index (χ2n) is 9.53. The molecule has 2 aromatic carbocycles. The van der Waals surface area contributed by atoms with Gasteiger partial charge in [-0.05, 0) is 50.6 Å². The van der Waals surface area contributed by atoms with Crippen LogP contribution in [0.2, 0.25) is 0 Å². The zero-order valence-corrected chi connectivity index (χ0v) is 20.7. The van der Waals surface area contributed by atoms with Gasteiger partial charge in [0.2, 0.25) is 11.8 Å². The van der Waals surface area contributed by atoms with Crippen LogP contribution in [0.3, 0.4) is 0 Å². The average Bonchev–Trinajstić information content (AvgIpc) is 3.29. The van der Waals surface area contributed by atoms with Crippen LogP contribution in [0.4, 0.5) is 10.1 Å². The lowest BCUT2D eigenvalue weighted by Crippen LogP contribution is -2.22. The number of anilines is 1. The third-order valence-corrected chi connectivity index (χ3v) is 5.40. The number of carbonyl (C=O) groups excluding carboxylic acids is 2. The molecule has 0 aliphatic rings. The summed E-state index contributed by atoms with van der Waals surface area (Å²) in [6.07, 6.45) is 4.47. The molecule has 0 aliphatic heterocycles. The minimum Gasteiger partial charge on any atom is -0.438 e. The number of rotatable bonds is 6. The zero-order chi connectivity index (χ0) is 26.0. The van der Waals surface area contributed by atoms with Gasteiger partial charge in [0.05, 0.1) is 34.7 Å². The van der Waals surface area contributed by atoms with Crippen LogP contribution in [0.25, 0.3) is 10.9 Å². The number of nitrogens with zero attached hydrogens (tertiary/aromatic N) is 5. The highest BCUT2D eigenvalue weighted by Crippen LogP contribution is 2.29. The highest BCUT2D eigenvalue weighted by atomic mass is 19.1. The number of nitrogens with one attached hydrogen (secondary N) is 1. The van der Waals surface area contributed by atoms with Gasteiger partial charge in [0.15, 0.2) is 0 Å². The van der Waals surface area contributed by atoms with Crippen molar-refractivity contribution in [3.05, 3.63) is 72.1 Å². The van der Waals surface area contributed by atoms with Crippen molar-refractivity contribution < 1.29 is 18.7 Å². The molecular formula is C26H27FN6O3. The lowest BCUT2D eigenvalue weighted by molar-refractivity contribution is -0.115. The Balaban J connectivity index is 1.49. The molecule has 0 radical (unpaired) electrons. The molecule has 0 unspecified atom stereocenters. The van der Waals surface area contributed by atoms with E-state index in [0.717, 1.165) is 0 Å². The van der Waals surface area contributed by atoms with Crippen molar-refractivity contribution in [2.45, 2.75) is 32.7 Å². The van der Waals surface area contributed by atoms with Crippen LogP contribution in [0, 0.1) is 5.82 Å². The molecule has 1 N–H and O–H groups in total. The Kier molecular flexibility index (Phi) is 6.69. The van der Waals surface area contributed by atoms with E-state index >= 15 is 0 Å². The molecule has 0 fully saturated rings. The van der Waals surface area contributed by atoms with Crippen molar-refractivity contribution in [3.8, 4) is 11.6 Å². The molecule has 2 aromatic heterocycles. The lowest BCUT2D eigenvalue weighted by atomic mass is 10.1. The first kappa shape index (κ1) is 24.8. The summed E-state index contributed by atoms with van der Waals surface area (Å²) in [5.41, 5.74) is 1.57. The van der Waals surface area contributed by atoms with Crippen LogP contribution >= 0.6 is 0 Å². The molecule has 0 atom stereocenters. The number of fused-ring (bicyclic) bond motifs is 1. The zero-order valence-electron chi connectivity index (χ0n) is 20.7. The molecule has 0 saturated heterocycles. The van der Waals surface area contributed by atoms with E-state index in [1.54, 1.807) is 55.4 Å². The average molecular weight is 491 g/mol. The van der Waals surface area contributed by atoms with Crippen molar-refractivity contribution in [2.24, 2.45) is 0 Å². The van der Waals surface area contributed by atoms with Crippen molar-refractivity contribution in [1.82, 2.24) is 24.6 Å². The van der Waals surface area contributed by atoms with Gasteiger partial charge in [-0.1, -0.05) is 6.07 Å². The summed E-state index contributed by atoms with van der Waals surface area (Å²) in [6, 6.07) is 9.27. The van der Waals surface area contributed by atoms with E-state index in [1.165, 1.54) is 23.4 Å². The van der Waals surface area contributed by atoms with Crippen molar-refractivity contribution >= 4 is 28.4 Å². The van der Waals surface area contributed by atoms with Crippen molar-refractivity contribution in [3.63, 3.8) is 0 Å². The largest absolute Gasteiger partial charge is 0.438 e. The summed E-state index contributed by atoms with van der Waals surface area (Å²) in [5.74, 6) is -0.737. The van der Waals surface area contributed by atoms with E-state index in [9.17, 15) is 14.0 Å². The summed E-state index contributed by atoms with van der Waals surface area (Å²) in [5, 5.41) is 7.50. The van der Waals surface area contributed by atoms with Crippen LogP contribution in [-0.4, -0.2) is 50.6 Å². The van der Waals surface area contributed by atoms with E-state index in [-0.39, 0.29) is 41.0 Å². The third kappa shape index (κ3) is 5.48. The molecule has 10 heteroatoms. The van der Waals surface area contributed by atoms with Crippen LogP contribution in [0.15, 0.2) is 55.1 Å². The molecule has 36 heavy (non-hydrogen) atoms. The fraction of sp³-hybridized carbons (Fsp3) is 0.269. The van der Waals surface area contributed by atoms with Gasteiger partial charge in [0.1, 0.15) is 17.9 Å². The van der Waals surface area contributed by atoms with Gasteiger partial charge in [0, 0.05) is 31.9 Å². The smallest absolute Gasteiger partial charge is 0.253 e. The number of halogens is 1. The molecule has 2 amide bonds. The summed E-state index contributed by atoms with van der Waals surface area (Å²) in [4.78, 5) is 34.6. The summed E-state index contributed by atoms with van der Waals surface area (Å²) in [7, 11) is 3.32. The second kappa shape index (κ2) is 9.73. The Hall–Kier alpha value is -4.34. The number of benzene rings is 2. The summed E-state index contributed by atoms with van der Waals surface area (Å²) in [6.45, 7) is 5.99. The molecule has 0 saturated carbocycles. The van der Waals surface area contributed by atoms with E-state index in [0.29, 0.717) is 22.2 Å². The first-order valence-electron chi connectivity index (χ1n) is 11.3. The van der Waals surface area contributed by atoms with E-state index in [4.69, 9.17) is 4.74 Å². The minimum atomic E-state index is -0.588. The van der Waals surface area contributed by atoms with Gasteiger partial charge >= 0.3 is 0 Å². The molecule has 0 aliphatic carbocycles. The SMILES string of the molecule is CN(C)C(=O)c1ccc2ncnc(Oc3ccc(CC(=O)Nc4cnn(C(C)(C)C)c4)c(F)c3)c2c1. The van der Waals surface area contributed by atoms with Crippen LogP contribution in [0.5, 0.6) is 11.6 Å². The molecule has 4 aromatic rings. The Morgan fingerprint density at radius 3 is 2.56 bits per heavy atom. The molecular weight excluding hydrogens is 463 g/mol. The first-order valence-corrected chi connectivity index (χ1v) is 11.3. The standard InChI is InChI=1S/C26H27FN6O3/c1-26(2,3)33-14-18(13-30-33)31-23(34)11-16-6-8-19(12-21(16)27)36-24-20-10-17(25(35)32(4)5)7-9-22(20)28-15-29-24/h6-10,12-15H,11H2,1-5H3,(H,31,34). The Bertz CT molecular complexity index is 1440. The van der Waals surface area contributed by atoms with Crippen LogP contribution < -0.4 is 10.1 Å². The number of hydrogen-bond acceptors (Lipinski definition) is 6. The molecule has 0 bridgehead atoms. The molecule has 0 spiro atoms. The third-order valence-electron chi connectivity index (χ3n) is 5.40. The quantitative estimate of drug-likeness (QED) is 0.430.